The van der Waals surface area contributed by atoms with E-state index in [9.17, 15) is 9.59 Å². The van der Waals surface area contributed by atoms with Gasteiger partial charge in [0.2, 0.25) is 0 Å². The molecule has 1 saturated heterocycles. The zero-order valence-electron chi connectivity index (χ0n) is 9.22. The van der Waals surface area contributed by atoms with Gasteiger partial charge in [-0.3, -0.25) is 14.6 Å². The van der Waals surface area contributed by atoms with Crippen LogP contribution in [0.25, 0.3) is 0 Å². The van der Waals surface area contributed by atoms with E-state index in [0.717, 1.165) is 6.42 Å². The highest BCUT2D eigenvalue weighted by atomic mass is 16.2. The molecule has 0 aromatic carbocycles. The SMILES string of the molecule is CC(=O)C1CCN(C(=O)c2ccncc2)C1. The van der Waals surface area contributed by atoms with Gasteiger partial charge in [-0.25, -0.2) is 0 Å². The second-order valence-electron chi connectivity index (χ2n) is 4.08. The molecule has 4 heteroatoms. The summed E-state index contributed by atoms with van der Waals surface area (Å²) in [6.07, 6.45) is 3.99. The number of carbonyl (C=O) groups is 2. The molecule has 1 unspecified atom stereocenters. The number of nitrogens with zero attached hydrogens (tertiary/aromatic N) is 2. The summed E-state index contributed by atoms with van der Waals surface area (Å²) in [6.45, 7) is 2.81. The van der Waals surface area contributed by atoms with Crippen LogP contribution in [-0.4, -0.2) is 34.7 Å². The largest absolute Gasteiger partial charge is 0.338 e. The lowest BCUT2D eigenvalue weighted by molar-refractivity contribution is -0.120. The van der Waals surface area contributed by atoms with Crippen molar-refractivity contribution in [2.75, 3.05) is 13.1 Å². The fraction of sp³-hybridized carbons (Fsp3) is 0.417. The van der Waals surface area contributed by atoms with Gasteiger partial charge in [0, 0.05) is 37.0 Å². The first-order valence-corrected chi connectivity index (χ1v) is 5.38. The van der Waals surface area contributed by atoms with Gasteiger partial charge in [0.1, 0.15) is 5.78 Å². The molecule has 1 aliphatic heterocycles. The summed E-state index contributed by atoms with van der Waals surface area (Å²) in [6, 6.07) is 3.40. The zero-order valence-corrected chi connectivity index (χ0v) is 9.22. The molecule has 1 fully saturated rings. The summed E-state index contributed by atoms with van der Waals surface area (Å²) >= 11 is 0. The maximum atomic E-state index is 12.0. The van der Waals surface area contributed by atoms with E-state index < -0.39 is 0 Å². The number of Topliss-reactive ketones (excluding diaryl/α,β-unsaturated/α-hetero) is 1. The van der Waals surface area contributed by atoms with Gasteiger partial charge < -0.3 is 4.90 Å². The summed E-state index contributed by atoms with van der Waals surface area (Å²) in [7, 11) is 0. The van der Waals surface area contributed by atoms with Crippen molar-refractivity contribution in [3.05, 3.63) is 30.1 Å². The van der Waals surface area contributed by atoms with Crippen LogP contribution in [0, 0.1) is 5.92 Å². The molecule has 0 spiro atoms. The Morgan fingerprint density at radius 3 is 2.62 bits per heavy atom. The van der Waals surface area contributed by atoms with Gasteiger partial charge in [-0.2, -0.15) is 0 Å². The highest BCUT2D eigenvalue weighted by Gasteiger charge is 2.29. The van der Waals surface area contributed by atoms with E-state index in [1.165, 1.54) is 0 Å². The number of aromatic nitrogens is 1. The van der Waals surface area contributed by atoms with E-state index in [1.807, 2.05) is 0 Å². The van der Waals surface area contributed by atoms with E-state index in [1.54, 1.807) is 36.4 Å². The average Bonchev–Trinajstić information content (AvgIpc) is 2.78. The van der Waals surface area contributed by atoms with Crippen molar-refractivity contribution in [1.29, 1.82) is 0 Å². The standard InChI is InChI=1S/C12H14N2O2/c1-9(15)11-4-7-14(8-11)12(16)10-2-5-13-6-3-10/h2-3,5-6,11H,4,7-8H2,1H3. The minimum atomic E-state index is -0.00819. The Bertz CT molecular complexity index is 403. The molecule has 1 amide bonds. The minimum Gasteiger partial charge on any atom is -0.338 e. The highest BCUT2D eigenvalue weighted by Crippen LogP contribution is 2.19. The van der Waals surface area contributed by atoms with Gasteiger partial charge in [-0.1, -0.05) is 0 Å². The van der Waals surface area contributed by atoms with Crippen LogP contribution in [0.2, 0.25) is 0 Å². The van der Waals surface area contributed by atoms with Crippen molar-refractivity contribution in [3.8, 4) is 0 Å². The van der Waals surface area contributed by atoms with Crippen LogP contribution in [0.15, 0.2) is 24.5 Å². The lowest BCUT2D eigenvalue weighted by atomic mass is 10.1. The van der Waals surface area contributed by atoms with E-state index in [0.29, 0.717) is 18.7 Å². The highest BCUT2D eigenvalue weighted by molar-refractivity contribution is 5.94. The second kappa shape index (κ2) is 4.43. The van der Waals surface area contributed by atoms with Crippen LogP contribution in [0.1, 0.15) is 23.7 Å². The first-order chi connectivity index (χ1) is 7.68. The molecule has 1 aromatic heterocycles. The van der Waals surface area contributed by atoms with Crippen LogP contribution in [0.4, 0.5) is 0 Å². The number of pyridine rings is 1. The fourth-order valence-electron chi connectivity index (χ4n) is 1.95. The summed E-state index contributed by atoms with van der Waals surface area (Å²) in [5.41, 5.74) is 0.638. The van der Waals surface area contributed by atoms with Crippen molar-refractivity contribution >= 4 is 11.7 Å². The third-order valence-electron chi connectivity index (χ3n) is 2.98. The maximum Gasteiger partial charge on any atom is 0.253 e. The molecule has 4 nitrogen and oxygen atoms in total. The molecule has 1 atom stereocenters. The molecule has 0 bridgehead atoms. The summed E-state index contributed by atoms with van der Waals surface area (Å²) < 4.78 is 0. The third-order valence-corrected chi connectivity index (χ3v) is 2.98. The average molecular weight is 218 g/mol. The maximum absolute atomic E-state index is 12.0. The number of rotatable bonds is 2. The van der Waals surface area contributed by atoms with Gasteiger partial charge in [0.05, 0.1) is 0 Å². The number of hydrogen-bond acceptors (Lipinski definition) is 3. The fourth-order valence-corrected chi connectivity index (χ4v) is 1.95. The van der Waals surface area contributed by atoms with Crippen LogP contribution in [0.5, 0.6) is 0 Å². The van der Waals surface area contributed by atoms with Gasteiger partial charge >= 0.3 is 0 Å². The Morgan fingerprint density at radius 2 is 2.06 bits per heavy atom. The summed E-state index contributed by atoms with van der Waals surface area (Å²) in [4.78, 5) is 28.8. The molecule has 1 aromatic rings. The van der Waals surface area contributed by atoms with Crippen molar-refractivity contribution in [3.63, 3.8) is 0 Å². The molecule has 2 heterocycles. The van der Waals surface area contributed by atoms with Crippen LogP contribution in [-0.2, 0) is 4.79 Å². The quantitative estimate of drug-likeness (QED) is 0.747. The molecular weight excluding hydrogens is 204 g/mol. The molecular formula is C12H14N2O2. The Kier molecular flexibility index (Phi) is 2.99. The Hall–Kier alpha value is -1.71. The summed E-state index contributed by atoms with van der Waals surface area (Å²) in [5, 5.41) is 0. The second-order valence-corrected chi connectivity index (χ2v) is 4.08. The number of likely N-dealkylation sites (tertiary alicyclic amines) is 1. The van der Waals surface area contributed by atoms with Gasteiger partial charge in [0.25, 0.3) is 5.91 Å². The smallest absolute Gasteiger partial charge is 0.253 e. The normalized spacial score (nSPS) is 19.8. The monoisotopic (exact) mass is 218 g/mol. The van der Waals surface area contributed by atoms with Gasteiger partial charge in [-0.15, -0.1) is 0 Å². The molecule has 0 saturated carbocycles. The number of carbonyl (C=O) groups excluding carboxylic acids is 2. The predicted molar refractivity (Wildman–Crippen MR) is 58.9 cm³/mol. The van der Waals surface area contributed by atoms with Gasteiger partial charge in [-0.05, 0) is 25.5 Å². The molecule has 0 N–H and O–H groups in total. The van der Waals surface area contributed by atoms with E-state index >= 15 is 0 Å². The first kappa shape index (κ1) is 10.8. The van der Waals surface area contributed by atoms with Gasteiger partial charge in [0.15, 0.2) is 0 Å². The zero-order chi connectivity index (χ0) is 11.5. The Labute approximate surface area is 94.3 Å². The predicted octanol–water partition coefficient (Wildman–Crippen LogP) is 1.13. The van der Waals surface area contributed by atoms with Crippen molar-refractivity contribution < 1.29 is 9.59 Å². The third kappa shape index (κ3) is 2.10. The molecule has 1 aliphatic rings. The van der Waals surface area contributed by atoms with E-state index in [2.05, 4.69) is 4.98 Å². The number of ketones is 1. The molecule has 2 rings (SSSR count). The first-order valence-electron chi connectivity index (χ1n) is 5.38. The molecule has 16 heavy (non-hydrogen) atoms. The molecule has 84 valence electrons. The summed E-state index contributed by atoms with van der Waals surface area (Å²) in [5.74, 6) is 0.182. The van der Waals surface area contributed by atoms with Crippen molar-refractivity contribution in [2.24, 2.45) is 5.92 Å². The lowest BCUT2D eigenvalue weighted by Crippen LogP contribution is -2.29. The van der Waals surface area contributed by atoms with E-state index in [4.69, 9.17) is 0 Å². The lowest BCUT2D eigenvalue weighted by Gasteiger charge is -2.15. The van der Waals surface area contributed by atoms with Crippen LogP contribution < -0.4 is 0 Å². The van der Waals surface area contributed by atoms with Crippen LogP contribution in [0.3, 0.4) is 0 Å². The number of amides is 1. The molecule has 0 radical (unpaired) electrons. The van der Waals surface area contributed by atoms with E-state index in [-0.39, 0.29) is 17.6 Å². The Balaban J connectivity index is 2.05. The minimum absolute atomic E-state index is 0.00819. The van der Waals surface area contributed by atoms with Crippen molar-refractivity contribution in [1.82, 2.24) is 9.88 Å². The number of hydrogen-bond donors (Lipinski definition) is 0. The molecule has 0 aliphatic carbocycles. The van der Waals surface area contributed by atoms with Crippen LogP contribution >= 0.6 is 0 Å². The Morgan fingerprint density at radius 1 is 1.38 bits per heavy atom. The van der Waals surface area contributed by atoms with Crippen molar-refractivity contribution in [2.45, 2.75) is 13.3 Å². The topological polar surface area (TPSA) is 50.3 Å².